The van der Waals surface area contributed by atoms with Gasteiger partial charge in [-0.05, 0) is 73.8 Å². The van der Waals surface area contributed by atoms with Gasteiger partial charge < -0.3 is 9.88 Å². The van der Waals surface area contributed by atoms with Gasteiger partial charge in [-0.2, -0.15) is 0 Å². The quantitative estimate of drug-likeness (QED) is 0.436. The molecule has 2 unspecified atom stereocenters. The Morgan fingerprint density at radius 2 is 2.03 bits per heavy atom. The van der Waals surface area contributed by atoms with Crippen molar-refractivity contribution in [2.45, 2.75) is 57.9 Å². The first kappa shape index (κ1) is 21.0. The molecule has 0 bridgehead atoms. The molecule has 3 heterocycles. The fourth-order valence-electron chi connectivity index (χ4n) is 5.31. The standard InChI is InChI=1S/C26H30BN5/c1-3-4-20-15-19-9-7-18(14-23(19)31-25(20)28-2)6-5-17-8-10-21(13-17)32-12-11-22-24(27)29-16-30-26(22)32/h7,9,11-12,14-17,21H,3-6,8,10,13H2,1-2H3,(H,28,31). The van der Waals surface area contributed by atoms with Crippen LogP contribution < -0.4 is 10.9 Å². The van der Waals surface area contributed by atoms with Crippen molar-refractivity contribution >= 4 is 41.2 Å². The topological polar surface area (TPSA) is 55.6 Å². The van der Waals surface area contributed by atoms with Gasteiger partial charge in [-0.3, -0.25) is 4.98 Å². The highest BCUT2D eigenvalue weighted by atomic mass is 15.1. The first-order chi connectivity index (χ1) is 15.7. The number of aryl methyl sites for hydroxylation is 2. The Balaban J connectivity index is 1.26. The number of hydrogen-bond donors (Lipinski definition) is 1. The maximum atomic E-state index is 6.02. The predicted octanol–water partition coefficient (Wildman–Crippen LogP) is 4.74. The van der Waals surface area contributed by atoms with Crippen LogP contribution in [0.2, 0.25) is 0 Å². The summed E-state index contributed by atoms with van der Waals surface area (Å²) in [6.07, 6.45) is 11.9. The van der Waals surface area contributed by atoms with Crippen LogP contribution in [0.5, 0.6) is 0 Å². The summed E-state index contributed by atoms with van der Waals surface area (Å²) in [5.74, 6) is 1.75. The zero-order chi connectivity index (χ0) is 22.1. The summed E-state index contributed by atoms with van der Waals surface area (Å²) in [4.78, 5) is 13.5. The maximum absolute atomic E-state index is 6.02. The van der Waals surface area contributed by atoms with Crippen molar-refractivity contribution in [2.75, 3.05) is 12.4 Å². The van der Waals surface area contributed by atoms with Gasteiger partial charge in [0.15, 0.2) is 0 Å². The Hall–Kier alpha value is -2.89. The van der Waals surface area contributed by atoms with Crippen LogP contribution in [0.15, 0.2) is 42.9 Å². The Morgan fingerprint density at radius 3 is 2.88 bits per heavy atom. The van der Waals surface area contributed by atoms with Crippen molar-refractivity contribution < 1.29 is 0 Å². The first-order valence-corrected chi connectivity index (χ1v) is 11.8. The van der Waals surface area contributed by atoms with Gasteiger partial charge in [0.25, 0.3) is 0 Å². The Kier molecular flexibility index (Phi) is 5.86. The number of rotatable bonds is 7. The molecule has 3 aromatic heterocycles. The second-order valence-electron chi connectivity index (χ2n) is 9.11. The first-order valence-electron chi connectivity index (χ1n) is 11.8. The van der Waals surface area contributed by atoms with E-state index in [0.717, 1.165) is 47.5 Å². The van der Waals surface area contributed by atoms with Crippen molar-refractivity contribution in [3.63, 3.8) is 0 Å². The SMILES string of the molecule is [B]c1ncnc2c1ccn2C1CCC(CCc2ccc3cc(CCC)c(NC)nc3c2)C1. The molecule has 0 amide bonds. The second kappa shape index (κ2) is 8.93. The highest BCUT2D eigenvalue weighted by Gasteiger charge is 2.26. The molecule has 1 fully saturated rings. The smallest absolute Gasteiger partial charge is 0.142 e. The molecular formula is C26H30BN5. The third-order valence-electron chi connectivity index (χ3n) is 7.01. The normalized spacial score (nSPS) is 18.6. The van der Waals surface area contributed by atoms with Crippen molar-refractivity contribution in [1.82, 2.24) is 19.5 Å². The average Bonchev–Trinajstić information content (AvgIpc) is 3.45. The number of hydrogen-bond acceptors (Lipinski definition) is 4. The van der Waals surface area contributed by atoms with Crippen molar-refractivity contribution in [3.05, 3.63) is 54.0 Å². The average molecular weight is 423 g/mol. The van der Waals surface area contributed by atoms with E-state index in [1.54, 1.807) is 6.33 Å². The van der Waals surface area contributed by atoms with Gasteiger partial charge >= 0.3 is 0 Å². The lowest BCUT2D eigenvalue weighted by Gasteiger charge is -2.15. The largest absolute Gasteiger partial charge is 0.373 e. The summed E-state index contributed by atoms with van der Waals surface area (Å²) in [5, 5.41) is 5.47. The lowest BCUT2D eigenvalue weighted by molar-refractivity contribution is 0.461. The lowest BCUT2D eigenvalue weighted by Crippen LogP contribution is -2.11. The van der Waals surface area contributed by atoms with E-state index < -0.39 is 0 Å². The molecule has 2 radical (unpaired) electrons. The van der Waals surface area contributed by atoms with Crippen LogP contribution in [0.25, 0.3) is 21.9 Å². The van der Waals surface area contributed by atoms with Gasteiger partial charge in [0, 0.05) is 35.7 Å². The lowest BCUT2D eigenvalue weighted by atomic mass is 9.97. The summed E-state index contributed by atoms with van der Waals surface area (Å²) < 4.78 is 2.31. The van der Waals surface area contributed by atoms with E-state index in [9.17, 15) is 0 Å². The molecule has 6 heteroatoms. The number of pyridine rings is 1. The second-order valence-corrected chi connectivity index (χ2v) is 9.11. The molecule has 1 aliphatic carbocycles. The molecule has 0 saturated heterocycles. The monoisotopic (exact) mass is 423 g/mol. The Labute approximate surface area is 191 Å². The predicted molar refractivity (Wildman–Crippen MR) is 133 cm³/mol. The van der Waals surface area contributed by atoms with Crippen LogP contribution in [-0.2, 0) is 12.8 Å². The van der Waals surface area contributed by atoms with Crippen LogP contribution in [0, 0.1) is 5.92 Å². The fraction of sp³-hybridized carbons (Fsp3) is 0.423. The Bertz CT molecular complexity index is 1250. The Morgan fingerprint density at radius 1 is 1.12 bits per heavy atom. The molecule has 162 valence electrons. The molecule has 1 aliphatic rings. The molecule has 1 saturated carbocycles. The molecule has 1 N–H and O–H groups in total. The minimum atomic E-state index is 0.500. The number of benzene rings is 1. The highest BCUT2D eigenvalue weighted by Crippen LogP contribution is 2.38. The number of anilines is 1. The van der Waals surface area contributed by atoms with Crippen LogP contribution in [0.3, 0.4) is 0 Å². The van der Waals surface area contributed by atoms with E-state index in [1.165, 1.54) is 42.2 Å². The highest BCUT2D eigenvalue weighted by molar-refractivity contribution is 6.36. The van der Waals surface area contributed by atoms with Crippen LogP contribution in [0.4, 0.5) is 5.82 Å². The van der Waals surface area contributed by atoms with E-state index in [-0.39, 0.29) is 0 Å². The number of fused-ring (bicyclic) bond motifs is 2. The molecule has 4 aromatic rings. The molecule has 5 nitrogen and oxygen atoms in total. The molecule has 0 spiro atoms. The number of aromatic nitrogens is 4. The molecule has 2 atom stereocenters. The van der Waals surface area contributed by atoms with E-state index in [2.05, 4.69) is 57.2 Å². The molecule has 0 aliphatic heterocycles. The van der Waals surface area contributed by atoms with Gasteiger partial charge in [-0.1, -0.05) is 25.5 Å². The maximum Gasteiger partial charge on any atom is 0.142 e. The number of nitrogens with zero attached hydrogens (tertiary/aromatic N) is 4. The van der Waals surface area contributed by atoms with E-state index in [4.69, 9.17) is 12.8 Å². The van der Waals surface area contributed by atoms with E-state index in [1.807, 2.05) is 13.1 Å². The van der Waals surface area contributed by atoms with Crippen molar-refractivity contribution in [3.8, 4) is 0 Å². The van der Waals surface area contributed by atoms with Gasteiger partial charge in [0.1, 0.15) is 25.6 Å². The molecule has 5 rings (SSSR count). The zero-order valence-electron chi connectivity index (χ0n) is 19.0. The summed E-state index contributed by atoms with van der Waals surface area (Å²) in [7, 11) is 7.98. The summed E-state index contributed by atoms with van der Waals surface area (Å²) in [5.41, 5.74) is 5.30. The van der Waals surface area contributed by atoms with Crippen molar-refractivity contribution in [1.29, 1.82) is 0 Å². The summed E-state index contributed by atoms with van der Waals surface area (Å²) in [6, 6.07) is 11.6. The van der Waals surface area contributed by atoms with Crippen LogP contribution >= 0.6 is 0 Å². The van der Waals surface area contributed by atoms with E-state index in [0.29, 0.717) is 11.6 Å². The van der Waals surface area contributed by atoms with Crippen LogP contribution in [-0.4, -0.2) is 34.4 Å². The summed E-state index contributed by atoms with van der Waals surface area (Å²) >= 11 is 0. The zero-order valence-corrected chi connectivity index (χ0v) is 19.0. The summed E-state index contributed by atoms with van der Waals surface area (Å²) in [6.45, 7) is 2.21. The molecular weight excluding hydrogens is 393 g/mol. The minimum absolute atomic E-state index is 0.500. The van der Waals surface area contributed by atoms with Gasteiger partial charge in [0.05, 0.1) is 5.52 Å². The molecule has 32 heavy (non-hydrogen) atoms. The number of nitrogens with one attached hydrogen (secondary N) is 1. The van der Waals surface area contributed by atoms with Gasteiger partial charge in [0.2, 0.25) is 0 Å². The third-order valence-corrected chi connectivity index (χ3v) is 7.01. The fourth-order valence-corrected chi connectivity index (χ4v) is 5.31. The minimum Gasteiger partial charge on any atom is -0.373 e. The third kappa shape index (κ3) is 3.99. The van der Waals surface area contributed by atoms with Gasteiger partial charge in [-0.25, -0.2) is 9.97 Å². The van der Waals surface area contributed by atoms with Crippen molar-refractivity contribution in [2.24, 2.45) is 5.92 Å². The molecule has 1 aromatic carbocycles. The van der Waals surface area contributed by atoms with E-state index >= 15 is 0 Å². The van der Waals surface area contributed by atoms with Gasteiger partial charge in [-0.15, -0.1) is 0 Å². The van der Waals surface area contributed by atoms with Crippen LogP contribution in [0.1, 0.15) is 56.2 Å².